The number of nitrogens with two attached hydrogens (primary N) is 1. The molecule has 41 heavy (non-hydrogen) atoms. The lowest BCUT2D eigenvalue weighted by Crippen LogP contribution is -2.48. The molecule has 1 saturated heterocycles. The minimum Gasteiger partial charge on any atom is -0.444 e. The normalized spacial score (nSPS) is 17.8. The van der Waals surface area contributed by atoms with E-state index in [2.05, 4.69) is 40.3 Å². The van der Waals surface area contributed by atoms with Crippen molar-refractivity contribution in [3.8, 4) is 11.3 Å². The van der Waals surface area contributed by atoms with E-state index in [0.717, 1.165) is 30.4 Å². The number of anilines is 1. The second-order valence-electron chi connectivity index (χ2n) is 12.1. The van der Waals surface area contributed by atoms with Crippen LogP contribution in [0.1, 0.15) is 72.5 Å². The molecule has 1 aliphatic heterocycles. The standard InChI is InChI=1S/C31H35Cl2N5O3/c1-17-9-10-19-16-31(26(21(19)15-17)37-29(40)41-30(3,4)5)11-13-38(14-12-31)28-25(27(34)39)36-24(18(2)35-28)20-7-6-8-22(32)23(20)33/h6-10,15,26H,11-14,16H2,1-5H3,(H2,34,39)(H,37,40)/t26-/m1/s1. The van der Waals surface area contributed by atoms with Crippen LogP contribution < -0.4 is 16.0 Å². The molecular formula is C31H35Cl2N5O3. The number of fused-ring (bicyclic) bond motifs is 1. The highest BCUT2D eigenvalue weighted by Gasteiger charge is 2.49. The van der Waals surface area contributed by atoms with Gasteiger partial charge in [0, 0.05) is 24.1 Å². The van der Waals surface area contributed by atoms with Gasteiger partial charge in [-0.25, -0.2) is 14.8 Å². The number of halogens is 2. The highest BCUT2D eigenvalue weighted by Crippen LogP contribution is 2.52. The predicted octanol–water partition coefficient (Wildman–Crippen LogP) is 6.57. The minimum absolute atomic E-state index is 0.0892. The van der Waals surface area contributed by atoms with Gasteiger partial charge in [-0.05, 0) is 71.1 Å². The molecule has 1 spiro atoms. The van der Waals surface area contributed by atoms with Crippen LogP contribution in [0, 0.1) is 19.3 Å². The summed E-state index contributed by atoms with van der Waals surface area (Å²) in [7, 11) is 0. The number of primary amides is 1. The van der Waals surface area contributed by atoms with E-state index >= 15 is 0 Å². The second kappa shape index (κ2) is 10.8. The number of ether oxygens (including phenoxy) is 1. The first-order chi connectivity index (χ1) is 19.3. The van der Waals surface area contributed by atoms with Crippen LogP contribution in [0.25, 0.3) is 11.3 Å². The number of amides is 2. The van der Waals surface area contributed by atoms with Crippen molar-refractivity contribution in [1.82, 2.24) is 15.3 Å². The zero-order valence-electron chi connectivity index (χ0n) is 24.0. The van der Waals surface area contributed by atoms with Crippen LogP contribution in [0.3, 0.4) is 0 Å². The van der Waals surface area contributed by atoms with Crippen LogP contribution in [-0.2, 0) is 11.2 Å². The number of aryl methyl sites for hydroxylation is 2. The number of hydrogen-bond donors (Lipinski definition) is 2. The molecule has 1 aliphatic carbocycles. The van der Waals surface area contributed by atoms with Crippen LogP contribution in [0.4, 0.5) is 10.6 Å². The quantitative estimate of drug-likeness (QED) is 0.352. The number of rotatable bonds is 4. The molecule has 216 valence electrons. The molecule has 8 nitrogen and oxygen atoms in total. The maximum absolute atomic E-state index is 12.9. The van der Waals surface area contributed by atoms with Crippen molar-refractivity contribution < 1.29 is 14.3 Å². The molecule has 5 rings (SSSR count). The SMILES string of the molecule is Cc1ccc2c(c1)[C@@H](NC(=O)OC(C)(C)C)C1(CCN(c3nc(C)c(-c4cccc(Cl)c4Cl)nc3C(N)=O)CC1)C2. The third-order valence-electron chi connectivity index (χ3n) is 7.98. The predicted molar refractivity (Wildman–Crippen MR) is 162 cm³/mol. The molecule has 0 unspecified atom stereocenters. The Balaban J connectivity index is 1.44. The number of benzene rings is 2. The Kier molecular flexibility index (Phi) is 7.68. The lowest BCUT2D eigenvalue weighted by molar-refractivity contribution is 0.0427. The number of carbonyl (C=O) groups is 2. The number of nitrogens with zero attached hydrogens (tertiary/aromatic N) is 3. The molecule has 2 aromatic carbocycles. The molecule has 1 atom stereocenters. The zero-order chi connectivity index (χ0) is 29.7. The summed E-state index contributed by atoms with van der Waals surface area (Å²) in [6.07, 6.45) is 1.95. The van der Waals surface area contributed by atoms with Crippen molar-refractivity contribution in [1.29, 1.82) is 0 Å². The summed E-state index contributed by atoms with van der Waals surface area (Å²) >= 11 is 12.7. The molecule has 2 aliphatic rings. The molecule has 1 fully saturated rings. The fourth-order valence-corrected chi connectivity index (χ4v) is 6.47. The number of nitrogens with one attached hydrogen (secondary N) is 1. The molecule has 3 N–H and O–H groups in total. The lowest BCUT2D eigenvalue weighted by Gasteiger charge is -2.44. The van der Waals surface area contributed by atoms with E-state index in [9.17, 15) is 9.59 Å². The molecular weight excluding hydrogens is 561 g/mol. The Morgan fingerprint density at radius 2 is 1.80 bits per heavy atom. The summed E-state index contributed by atoms with van der Waals surface area (Å²) in [5.41, 5.74) is 10.3. The molecule has 1 aromatic heterocycles. The highest BCUT2D eigenvalue weighted by molar-refractivity contribution is 6.43. The maximum Gasteiger partial charge on any atom is 0.408 e. The Morgan fingerprint density at radius 3 is 2.46 bits per heavy atom. The Labute approximate surface area is 250 Å². The molecule has 10 heteroatoms. The Hall–Kier alpha value is -3.36. The van der Waals surface area contributed by atoms with Gasteiger partial charge in [-0.3, -0.25) is 4.79 Å². The summed E-state index contributed by atoms with van der Waals surface area (Å²) < 4.78 is 5.64. The van der Waals surface area contributed by atoms with E-state index in [1.54, 1.807) is 18.2 Å². The number of aromatic nitrogens is 2. The van der Waals surface area contributed by atoms with Crippen molar-refractivity contribution >= 4 is 41.0 Å². The number of hydrogen-bond acceptors (Lipinski definition) is 6. The van der Waals surface area contributed by atoms with Gasteiger partial charge in [-0.1, -0.05) is 59.1 Å². The van der Waals surface area contributed by atoms with Crippen molar-refractivity contribution in [2.24, 2.45) is 11.1 Å². The topological polar surface area (TPSA) is 110 Å². The van der Waals surface area contributed by atoms with E-state index < -0.39 is 17.6 Å². The van der Waals surface area contributed by atoms with E-state index in [-0.39, 0.29) is 17.2 Å². The molecule has 0 saturated carbocycles. The monoisotopic (exact) mass is 595 g/mol. The molecule has 3 aromatic rings. The van der Waals surface area contributed by atoms with Gasteiger partial charge in [0.25, 0.3) is 5.91 Å². The number of alkyl carbamates (subject to hydrolysis) is 1. The molecule has 0 radical (unpaired) electrons. The smallest absolute Gasteiger partial charge is 0.408 e. The summed E-state index contributed by atoms with van der Waals surface area (Å²) in [4.78, 5) is 37.1. The minimum atomic E-state index is -0.666. The summed E-state index contributed by atoms with van der Waals surface area (Å²) in [6, 6.07) is 11.5. The van der Waals surface area contributed by atoms with Crippen molar-refractivity contribution in [2.45, 2.75) is 65.5 Å². The molecule has 0 bridgehead atoms. The third kappa shape index (κ3) is 5.72. The first kappa shape index (κ1) is 29.1. The van der Waals surface area contributed by atoms with E-state index in [1.165, 1.54) is 5.56 Å². The van der Waals surface area contributed by atoms with Crippen LogP contribution in [0.15, 0.2) is 36.4 Å². The van der Waals surface area contributed by atoms with Crippen LogP contribution in [-0.4, -0.2) is 40.7 Å². The van der Waals surface area contributed by atoms with Gasteiger partial charge in [0.15, 0.2) is 11.5 Å². The van der Waals surface area contributed by atoms with Gasteiger partial charge in [-0.15, -0.1) is 0 Å². The number of piperidine rings is 1. The number of carbonyl (C=O) groups excluding carboxylic acids is 2. The summed E-state index contributed by atoms with van der Waals surface area (Å²) in [5, 5.41) is 3.93. The van der Waals surface area contributed by atoms with Crippen LogP contribution >= 0.6 is 23.2 Å². The lowest BCUT2D eigenvalue weighted by atomic mass is 9.72. The van der Waals surface area contributed by atoms with Gasteiger partial charge in [0.05, 0.1) is 27.5 Å². The van der Waals surface area contributed by atoms with Gasteiger partial charge < -0.3 is 20.7 Å². The van der Waals surface area contributed by atoms with E-state index in [0.29, 0.717) is 45.9 Å². The summed E-state index contributed by atoms with van der Waals surface area (Å²) in [6.45, 7) is 10.7. The Morgan fingerprint density at radius 1 is 1.10 bits per heavy atom. The third-order valence-corrected chi connectivity index (χ3v) is 8.80. The fourth-order valence-electron chi connectivity index (χ4n) is 6.08. The first-order valence-corrected chi connectivity index (χ1v) is 14.5. The maximum atomic E-state index is 12.9. The highest BCUT2D eigenvalue weighted by atomic mass is 35.5. The molecule has 2 heterocycles. The van der Waals surface area contributed by atoms with Crippen molar-refractivity contribution in [3.63, 3.8) is 0 Å². The van der Waals surface area contributed by atoms with E-state index in [1.807, 2.05) is 27.7 Å². The first-order valence-electron chi connectivity index (χ1n) is 13.7. The fraction of sp³-hybridized carbons (Fsp3) is 0.419. The van der Waals surface area contributed by atoms with Crippen molar-refractivity contribution in [2.75, 3.05) is 18.0 Å². The van der Waals surface area contributed by atoms with Gasteiger partial charge in [-0.2, -0.15) is 0 Å². The summed E-state index contributed by atoms with van der Waals surface area (Å²) in [5.74, 6) is -0.213. The van der Waals surface area contributed by atoms with Gasteiger partial charge >= 0.3 is 6.09 Å². The zero-order valence-corrected chi connectivity index (χ0v) is 25.5. The average Bonchev–Trinajstić information content (AvgIpc) is 3.16. The van der Waals surface area contributed by atoms with Crippen LogP contribution in [0.2, 0.25) is 10.0 Å². The van der Waals surface area contributed by atoms with Gasteiger partial charge in [0.2, 0.25) is 0 Å². The largest absolute Gasteiger partial charge is 0.444 e. The van der Waals surface area contributed by atoms with Crippen LogP contribution in [0.5, 0.6) is 0 Å². The molecule has 2 amide bonds. The van der Waals surface area contributed by atoms with Gasteiger partial charge in [0.1, 0.15) is 5.60 Å². The van der Waals surface area contributed by atoms with E-state index in [4.69, 9.17) is 38.7 Å². The van der Waals surface area contributed by atoms with Crippen molar-refractivity contribution in [3.05, 3.63) is 74.5 Å². The average molecular weight is 597 g/mol. The second-order valence-corrected chi connectivity index (χ2v) is 12.9. The Bertz CT molecular complexity index is 1530.